The van der Waals surface area contributed by atoms with E-state index in [1.807, 2.05) is 0 Å². The van der Waals surface area contributed by atoms with E-state index in [0.29, 0.717) is 0 Å². The van der Waals surface area contributed by atoms with Crippen molar-refractivity contribution in [3.8, 4) is 0 Å². The summed E-state index contributed by atoms with van der Waals surface area (Å²) >= 11 is 0. The molecular weight excluding hydrogens is 284 g/mol. The smallest absolute Gasteiger partial charge is 0.000687 e. The van der Waals surface area contributed by atoms with Crippen molar-refractivity contribution in [3.05, 3.63) is 0 Å². The molecule has 1 aliphatic carbocycles. The Morgan fingerprint density at radius 2 is 1.09 bits per heavy atom. The van der Waals surface area contributed by atoms with E-state index in [2.05, 4.69) is 48.1 Å². The Morgan fingerprint density at radius 3 is 1.43 bits per heavy atom. The summed E-state index contributed by atoms with van der Waals surface area (Å²) in [6.07, 6.45) is 3.98. The summed E-state index contributed by atoms with van der Waals surface area (Å²) in [5, 5.41) is 7.30. The van der Waals surface area contributed by atoms with Crippen LogP contribution in [-0.2, 0) is 0 Å². The van der Waals surface area contributed by atoms with Gasteiger partial charge in [0.2, 0.25) is 0 Å². The Kier molecular flexibility index (Phi) is 12.0. The second kappa shape index (κ2) is 13.2. The fourth-order valence-corrected chi connectivity index (χ4v) is 3.32. The third kappa shape index (κ3) is 9.65. The van der Waals surface area contributed by atoms with E-state index in [4.69, 9.17) is 0 Å². The van der Waals surface area contributed by atoms with E-state index < -0.39 is 0 Å². The Balaban J connectivity index is 1.86. The zero-order valence-corrected chi connectivity index (χ0v) is 16.2. The van der Waals surface area contributed by atoms with E-state index in [-0.39, 0.29) is 0 Å². The van der Waals surface area contributed by atoms with Crippen molar-refractivity contribution in [2.45, 2.75) is 47.0 Å². The van der Waals surface area contributed by atoms with Crippen LogP contribution in [0.3, 0.4) is 0 Å². The van der Waals surface area contributed by atoms with Crippen LogP contribution in [0.25, 0.3) is 0 Å². The summed E-state index contributed by atoms with van der Waals surface area (Å²) in [5.74, 6) is 1.86. The molecule has 138 valence electrons. The summed E-state index contributed by atoms with van der Waals surface area (Å²) in [6.45, 7) is 21.0. The molecular formula is C19H42N4. The molecule has 1 rings (SSSR count). The predicted molar refractivity (Wildman–Crippen MR) is 102 cm³/mol. The van der Waals surface area contributed by atoms with Crippen LogP contribution in [0, 0.1) is 11.8 Å². The van der Waals surface area contributed by atoms with Gasteiger partial charge >= 0.3 is 0 Å². The molecule has 0 aliphatic heterocycles. The maximum absolute atomic E-state index is 3.65. The molecule has 2 unspecified atom stereocenters. The molecule has 4 nitrogen and oxygen atoms in total. The lowest BCUT2D eigenvalue weighted by atomic mass is 10.3. The van der Waals surface area contributed by atoms with Crippen molar-refractivity contribution in [1.82, 2.24) is 20.4 Å². The lowest BCUT2D eigenvalue weighted by molar-refractivity contribution is 0.297. The highest BCUT2D eigenvalue weighted by Crippen LogP contribution is 2.36. The summed E-state index contributed by atoms with van der Waals surface area (Å²) < 4.78 is 0. The van der Waals surface area contributed by atoms with Crippen LogP contribution < -0.4 is 10.6 Å². The fourth-order valence-electron chi connectivity index (χ4n) is 3.32. The molecule has 1 fully saturated rings. The van der Waals surface area contributed by atoms with Gasteiger partial charge in [0, 0.05) is 0 Å². The minimum absolute atomic E-state index is 0.929. The van der Waals surface area contributed by atoms with Gasteiger partial charge < -0.3 is 20.4 Å². The van der Waals surface area contributed by atoms with Crippen molar-refractivity contribution >= 4 is 0 Å². The quantitative estimate of drug-likeness (QED) is 0.426. The Hall–Kier alpha value is -0.160. The summed E-state index contributed by atoms with van der Waals surface area (Å²) in [7, 11) is 0. The van der Waals surface area contributed by atoms with E-state index in [1.165, 1.54) is 84.7 Å². The molecule has 0 spiro atoms. The maximum Gasteiger partial charge on any atom is -0.000687 e. The van der Waals surface area contributed by atoms with Crippen molar-refractivity contribution in [2.75, 3.05) is 65.4 Å². The Morgan fingerprint density at radius 1 is 0.696 bits per heavy atom. The average Bonchev–Trinajstić information content (AvgIpc) is 3.32. The standard InChI is InChI=1S/C19H42N4/c1-5-22(6-2)13-9-11-20-16-18-15-19(18)17-21-12-10-14-23(7-3)8-4/h18-21H,5-17H2,1-4H3. The molecule has 0 amide bonds. The molecule has 0 bridgehead atoms. The van der Waals surface area contributed by atoms with E-state index in [0.717, 1.165) is 11.8 Å². The molecule has 1 saturated carbocycles. The van der Waals surface area contributed by atoms with Gasteiger partial charge in [-0.15, -0.1) is 0 Å². The number of rotatable bonds is 16. The first kappa shape index (κ1) is 20.9. The zero-order chi connectivity index (χ0) is 16.9. The van der Waals surface area contributed by atoms with Crippen LogP contribution >= 0.6 is 0 Å². The van der Waals surface area contributed by atoms with Crippen LogP contribution in [-0.4, -0.2) is 75.2 Å². The first-order valence-corrected chi connectivity index (χ1v) is 10.1. The van der Waals surface area contributed by atoms with Gasteiger partial charge in [-0.3, -0.25) is 0 Å². The maximum atomic E-state index is 3.65. The minimum Gasteiger partial charge on any atom is -0.316 e. The van der Waals surface area contributed by atoms with Crippen LogP contribution in [0.1, 0.15) is 47.0 Å². The van der Waals surface area contributed by atoms with Crippen LogP contribution in [0.15, 0.2) is 0 Å². The second-order valence-electron chi connectivity index (χ2n) is 6.92. The van der Waals surface area contributed by atoms with Gasteiger partial charge in [-0.1, -0.05) is 27.7 Å². The second-order valence-corrected chi connectivity index (χ2v) is 6.92. The van der Waals surface area contributed by atoms with Crippen molar-refractivity contribution in [1.29, 1.82) is 0 Å². The monoisotopic (exact) mass is 326 g/mol. The number of nitrogens with one attached hydrogen (secondary N) is 2. The molecule has 0 aromatic carbocycles. The van der Waals surface area contributed by atoms with Gasteiger partial charge in [-0.25, -0.2) is 0 Å². The normalized spacial score (nSPS) is 20.6. The third-order valence-corrected chi connectivity index (χ3v) is 5.33. The van der Waals surface area contributed by atoms with E-state index >= 15 is 0 Å². The van der Waals surface area contributed by atoms with Gasteiger partial charge in [0.1, 0.15) is 0 Å². The summed E-state index contributed by atoms with van der Waals surface area (Å²) in [5.41, 5.74) is 0. The van der Waals surface area contributed by atoms with Crippen LogP contribution in [0.4, 0.5) is 0 Å². The van der Waals surface area contributed by atoms with Gasteiger partial charge in [-0.2, -0.15) is 0 Å². The lowest BCUT2D eigenvalue weighted by Crippen LogP contribution is -2.29. The molecule has 0 aromatic rings. The Bertz CT molecular complexity index is 238. The molecule has 1 aliphatic rings. The van der Waals surface area contributed by atoms with Crippen LogP contribution in [0.5, 0.6) is 0 Å². The fraction of sp³-hybridized carbons (Fsp3) is 1.00. The largest absolute Gasteiger partial charge is 0.316 e. The highest BCUT2D eigenvalue weighted by atomic mass is 15.1. The van der Waals surface area contributed by atoms with Crippen molar-refractivity contribution in [3.63, 3.8) is 0 Å². The average molecular weight is 327 g/mol. The van der Waals surface area contributed by atoms with E-state index in [9.17, 15) is 0 Å². The number of hydrogen-bond acceptors (Lipinski definition) is 4. The van der Waals surface area contributed by atoms with Gasteiger partial charge in [-0.05, 0) is 96.5 Å². The third-order valence-electron chi connectivity index (χ3n) is 5.33. The van der Waals surface area contributed by atoms with Crippen molar-refractivity contribution < 1.29 is 0 Å². The lowest BCUT2D eigenvalue weighted by Gasteiger charge is -2.18. The molecule has 0 aromatic heterocycles. The first-order chi connectivity index (χ1) is 11.2. The summed E-state index contributed by atoms with van der Waals surface area (Å²) in [6, 6.07) is 0. The number of nitrogens with zero attached hydrogens (tertiary/aromatic N) is 2. The van der Waals surface area contributed by atoms with Crippen LogP contribution in [0.2, 0.25) is 0 Å². The van der Waals surface area contributed by atoms with Gasteiger partial charge in [0.15, 0.2) is 0 Å². The molecule has 23 heavy (non-hydrogen) atoms. The van der Waals surface area contributed by atoms with Crippen molar-refractivity contribution in [2.24, 2.45) is 11.8 Å². The SMILES string of the molecule is CCN(CC)CCCNCC1CC1CNCCCN(CC)CC. The molecule has 4 heteroatoms. The molecule has 0 radical (unpaired) electrons. The molecule has 2 N–H and O–H groups in total. The molecule has 0 heterocycles. The minimum atomic E-state index is 0.929. The Labute approximate surface area is 145 Å². The topological polar surface area (TPSA) is 30.5 Å². The highest BCUT2D eigenvalue weighted by Gasteiger charge is 2.35. The summed E-state index contributed by atoms with van der Waals surface area (Å²) in [4.78, 5) is 5.01. The molecule has 2 atom stereocenters. The zero-order valence-electron chi connectivity index (χ0n) is 16.2. The van der Waals surface area contributed by atoms with E-state index in [1.54, 1.807) is 0 Å². The highest BCUT2D eigenvalue weighted by molar-refractivity contribution is 4.89. The van der Waals surface area contributed by atoms with Gasteiger partial charge in [0.05, 0.1) is 0 Å². The first-order valence-electron chi connectivity index (χ1n) is 10.1. The predicted octanol–water partition coefficient (Wildman–Crippen LogP) is 2.27. The number of hydrogen-bond donors (Lipinski definition) is 2. The van der Waals surface area contributed by atoms with Gasteiger partial charge in [0.25, 0.3) is 0 Å². The molecule has 0 saturated heterocycles.